The van der Waals surface area contributed by atoms with E-state index >= 15 is 0 Å². The number of carbonyl (C=O) groups is 1. The summed E-state index contributed by atoms with van der Waals surface area (Å²) in [5, 5.41) is 12.0. The summed E-state index contributed by atoms with van der Waals surface area (Å²) in [5.41, 5.74) is 0.875. The summed E-state index contributed by atoms with van der Waals surface area (Å²) in [7, 11) is 0. The third-order valence-electron chi connectivity index (χ3n) is 4.11. The van der Waals surface area contributed by atoms with Gasteiger partial charge >= 0.3 is 0 Å². The van der Waals surface area contributed by atoms with Gasteiger partial charge in [-0.25, -0.2) is 8.78 Å². The summed E-state index contributed by atoms with van der Waals surface area (Å²) in [4.78, 5) is 12.3. The van der Waals surface area contributed by atoms with E-state index in [1.807, 2.05) is 12.1 Å². The molecule has 1 aliphatic rings. The lowest BCUT2D eigenvalue weighted by Crippen LogP contribution is -2.29. The fourth-order valence-corrected chi connectivity index (χ4v) is 3.18. The Balaban J connectivity index is 1.70. The van der Waals surface area contributed by atoms with Crippen LogP contribution in [0.2, 0.25) is 0 Å². The van der Waals surface area contributed by atoms with Gasteiger partial charge in [-0.3, -0.25) is 4.79 Å². The summed E-state index contributed by atoms with van der Waals surface area (Å²) in [6.07, 6.45) is 0.447. The number of benzene rings is 2. The van der Waals surface area contributed by atoms with Crippen LogP contribution in [0, 0.1) is 28.9 Å². The topological polar surface area (TPSA) is 52.9 Å². The molecule has 0 aliphatic heterocycles. The second kappa shape index (κ2) is 6.70. The van der Waals surface area contributed by atoms with Gasteiger partial charge in [0.1, 0.15) is 6.04 Å². The third-order valence-corrected chi connectivity index (χ3v) is 4.60. The number of amides is 1. The Labute approximate surface area is 146 Å². The van der Waals surface area contributed by atoms with E-state index in [-0.39, 0.29) is 17.4 Å². The van der Waals surface area contributed by atoms with Crippen molar-refractivity contribution in [1.29, 1.82) is 5.26 Å². The van der Waals surface area contributed by atoms with Gasteiger partial charge in [0.15, 0.2) is 11.6 Å². The SMILES string of the molecule is N#C[C@H](NC(=O)[C@H]1C[C@@H]1c1cccc(F)c1F)c1cccc(Br)c1. The summed E-state index contributed by atoms with van der Waals surface area (Å²) in [6.45, 7) is 0. The van der Waals surface area contributed by atoms with Crippen molar-refractivity contribution in [1.82, 2.24) is 5.32 Å². The van der Waals surface area contributed by atoms with E-state index in [9.17, 15) is 18.8 Å². The molecule has 1 saturated carbocycles. The van der Waals surface area contributed by atoms with Crippen molar-refractivity contribution in [3.05, 3.63) is 69.7 Å². The maximum atomic E-state index is 13.8. The Morgan fingerprint density at radius 2 is 2.04 bits per heavy atom. The van der Waals surface area contributed by atoms with Crippen LogP contribution in [0.4, 0.5) is 8.78 Å². The van der Waals surface area contributed by atoms with E-state index in [4.69, 9.17) is 0 Å². The van der Waals surface area contributed by atoms with Gasteiger partial charge in [-0.15, -0.1) is 0 Å². The lowest BCUT2D eigenvalue weighted by Gasteiger charge is -2.12. The minimum absolute atomic E-state index is 0.214. The summed E-state index contributed by atoms with van der Waals surface area (Å²) < 4.78 is 27.9. The summed E-state index contributed by atoms with van der Waals surface area (Å²) in [6, 6.07) is 12.3. The smallest absolute Gasteiger partial charge is 0.225 e. The Kier molecular flexibility index (Phi) is 4.63. The lowest BCUT2D eigenvalue weighted by molar-refractivity contribution is -0.122. The Hall–Kier alpha value is -2.26. The molecule has 0 heterocycles. The van der Waals surface area contributed by atoms with Crippen molar-refractivity contribution >= 4 is 21.8 Å². The number of carbonyl (C=O) groups excluding carboxylic acids is 1. The molecule has 24 heavy (non-hydrogen) atoms. The molecule has 6 heteroatoms. The molecule has 122 valence electrons. The molecule has 1 fully saturated rings. The average molecular weight is 391 g/mol. The van der Waals surface area contributed by atoms with Gasteiger partial charge in [0.2, 0.25) is 5.91 Å². The monoisotopic (exact) mass is 390 g/mol. The number of halogens is 3. The first-order chi connectivity index (χ1) is 11.5. The minimum Gasteiger partial charge on any atom is -0.336 e. The van der Waals surface area contributed by atoms with Crippen LogP contribution >= 0.6 is 15.9 Å². The van der Waals surface area contributed by atoms with E-state index in [0.29, 0.717) is 12.0 Å². The predicted octanol–water partition coefficient (Wildman–Crippen LogP) is 4.21. The van der Waals surface area contributed by atoms with Gasteiger partial charge in [0.05, 0.1) is 6.07 Å². The highest BCUT2D eigenvalue weighted by atomic mass is 79.9. The first-order valence-electron chi connectivity index (χ1n) is 7.40. The Morgan fingerprint density at radius 3 is 2.75 bits per heavy atom. The van der Waals surface area contributed by atoms with Crippen LogP contribution in [0.3, 0.4) is 0 Å². The van der Waals surface area contributed by atoms with Crippen LogP contribution in [-0.4, -0.2) is 5.91 Å². The van der Waals surface area contributed by atoms with Crippen molar-refractivity contribution in [2.45, 2.75) is 18.4 Å². The van der Waals surface area contributed by atoms with Gasteiger partial charge in [-0.1, -0.05) is 40.2 Å². The zero-order valence-electron chi connectivity index (χ0n) is 12.5. The molecule has 0 saturated heterocycles. The molecule has 0 bridgehead atoms. The highest BCUT2D eigenvalue weighted by Crippen LogP contribution is 2.48. The standard InChI is InChI=1S/C18H13BrF2N2O/c19-11-4-1-3-10(7-11)16(9-22)23-18(24)14-8-13(14)12-5-2-6-15(20)17(12)21/h1-7,13-14,16H,8H2,(H,23,24)/t13-,14+,16+/m1/s1. The molecule has 0 aromatic heterocycles. The first kappa shape index (κ1) is 16.6. The molecule has 2 aromatic carbocycles. The second-order valence-electron chi connectivity index (χ2n) is 5.72. The molecular formula is C18H13BrF2N2O. The van der Waals surface area contributed by atoms with Crippen LogP contribution in [0.5, 0.6) is 0 Å². The molecule has 1 N–H and O–H groups in total. The third kappa shape index (κ3) is 3.31. The average Bonchev–Trinajstić information content (AvgIpc) is 3.35. The van der Waals surface area contributed by atoms with Gasteiger partial charge in [0.25, 0.3) is 0 Å². The minimum atomic E-state index is -0.914. The molecule has 0 radical (unpaired) electrons. The number of nitrogens with zero attached hydrogens (tertiary/aromatic N) is 1. The summed E-state index contributed by atoms with van der Waals surface area (Å²) in [5.74, 6) is -2.92. The van der Waals surface area contributed by atoms with Crippen LogP contribution in [-0.2, 0) is 4.79 Å². The Bertz CT molecular complexity index is 834. The van der Waals surface area contributed by atoms with E-state index in [1.165, 1.54) is 12.1 Å². The van der Waals surface area contributed by atoms with Crippen LogP contribution in [0.15, 0.2) is 46.9 Å². The predicted molar refractivity (Wildman–Crippen MR) is 87.8 cm³/mol. The lowest BCUT2D eigenvalue weighted by atomic mass is 10.1. The first-order valence-corrected chi connectivity index (χ1v) is 8.20. The van der Waals surface area contributed by atoms with Crippen LogP contribution in [0.25, 0.3) is 0 Å². The van der Waals surface area contributed by atoms with E-state index in [2.05, 4.69) is 21.2 Å². The molecule has 3 rings (SSSR count). The molecular weight excluding hydrogens is 378 g/mol. The van der Waals surface area contributed by atoms with Crippen molar-refractivity contribution in [2.24, 2.45) is 5.92 Å². The zero-order valence-corrected chi connectivity index (χ0v) is 14.1. The van der Waals surface area contributed by atoms with Gasteiger partial charge in [-0.05, 0) is 41.7 Å². The van der Waals surface area contributed by atoms with Crippen molar-refractivity contribution in [3.8, 4) is 6.07 Å². The van der Waals surface area contributed by atoms with E-state index in [0.717, 1.165) is 10.5 Å². The van der Waals surface area contributed by atoms with E-state index in [1.54, 1.807) is 18.2 Å². The van der Waals surface area contributed by atoms with Crippen LogP contribution in [0.1, 0.15) is 29.5 Å². The number of hydrogen-bond acceptors (Lipinski definition) is 2. The molecule has 0 spiro atoms. The normalized spacial score (nSPS) is 20.1. The maximum absolute atomic E-state index is 13.8. The van der Waals surface area contributed by atoms with Gasteiger partial charge in [0, 0.05) is 10.4 Å². The van der Waals surface area contributed by atoms with Crippen molar-refractivity contribution in [3.63, 3.8) is 0 Å². The Morgan fingerprint density at radius 1 is 1.29 bits per heavy atom. The molecule has 1 amide bonds. The number of nitrogens with one attached hydrogen (secondary N) is 1. The quantitative estimate of drug-likeness (QED) is 0.849. The van der Waals surface area contributed by atoms with Crippen molar-refractivity contribution < 1.29 is 13.6 Å². The second-order valence-corrected chi connectivity index (χ2v) is 6.63. The number of nitriles is 1. The van der Waals surface area contributed by atoms with Crippen molar-refractivity contribution in [2.75, 3.05) is 0 Å². The highest BCUT2D eigenvalue weighted by molar-refractivity contribution is 9.10. The summed E-state index contributed by atoms with van der Waals surface area (Å²) >= 11 is 3.32. The molecule has 2 aromatic rings. The maximum Gasteiger partial charge on any atom is 0.225 e. The molecule has 1 aliphatic carbocycles. The fourth-order valence-electron chi connectivity index (χ4n) is 2.76. The molecule has 3 nitrogen and oxygen atoms in total. The molecule has 3 atom stereocenters. The highest BCUT2D eigenvalue weighted by Gasteiger charge is 2.46. The largest absolute Gasteiger partial charge is 0.336 e. The van der Waals surface area contributed by atoms with E-state index < -0.39 is 23.6 Å². The van der Waals surface area contributed by atoms with Crippen LogP contribution < -0.4 is 5.32 Å². The number of rotatable bonds is 4. The number of hydrogen-bond donors (Lipinski definition) is 1. The fraction of sp³-hybridized carbons (Fsp3) is 0.222. The van der Waals surface area contributed by atoms with Gasteiger partial charge < -0.3 is 5.32 Å². The zero-order chi connectivity index (χ0) is 17.3. The molecule has 0 unspecified atom stereocenters. The van der Waals surface area contributed by atoms with Gasteiger partial charge in [-0.2, -0.15) is 5.26 Å².